The Balaban J connectivity index is 2.07. The summed E-state index contributed by atoms with van der Waals surface area (Å²) in [7, 11) is 0. The van der Waals surface area contributed by atoms with Gasteiger partial charge in [-0.1, -0.05) is 25.1 Å². The van der Waals surface area contributed by atoms with E-state index in [1.807, 2.05) is 18.2 Å². The summed E-state index contributed by atoms with van der Waals surface area (Å²) in [5, 5.41) is 0. The second-order valence-corrected chi connectivity index (χ2v) is 3.65. The van der Waals surface area contributed by atoms with Crippen LogP contribution < -0.4 is 10.5 Å². The van der Waals surface area contributed by atoms with Gasteiger partial charge < -0.3 is 10.5 Å². The highest BCUT2D eigenvalue weighted by atomic mass is 16.5. The zero-order chi connectivity index (χ0) is 12.1. The summed E-state index contributed by atoms with van der Waals surface area (Å²) < 4.78 is 5.69. The molecule has 2 N–H and O–H groups in total. The first-order chi connectivity index (χ1) is 8.29. The average molecular weight is 229 g/mol. The highest BCUT2D eigenvalue weighted by Gasteiger charge is 2.02. The third kappa shape index (κ3) is 2.93. The Labute approximate surface area is 100 Å². The second kappa shape index (κ2) is 5.30. The van der Waals surface area contributed by atoms with E-state index < -0.39 is 0 Å². The molecule has 0 saturated heterocycles. The average Bonchev–Trinajstić information content (AvgIpc) is 2.37. The van der Waals surface area contributed by atoms with Crippen molar-refractivity contribution >= 4 is 5.82 Å². The van der Waals surface area contributed by atoms with Crippen LogP contribution in [0.1, 0.15) is 18.3 Å². The molecule has 0 aliphatic rings. The molecule has 0 aliphatic carbocycles. The van der Waals surface area contributed by atoms with Gasteiger partial charge in [0.05, 0.1) is 0 Å². The lowest BCUT2D eigenvalue weighted by atomic mass is 10.1. The molecule has 4 nitrogen and oxygen atoms in total. The normalized spacial score (nSPS) is 10.2. The maximum absolute atomic E-state index is 5.69. The first-order valence-electron chi connectivity index (χ1n) is 5.57. The lowest BCUT2D eigenvalue weighted by molar-refractivity contribution is 0.293. The number of nitrogen functional groups attached to an aromatic ring is 1. The van der Waals surface area contributed by atoms with Crippen molar-refractivity contribution in [3.8, 4) is 5.75 Å². The van der Waals surface area contributed by atoms with Crippen LogP contribution in [0.4, 0.5) is 5.82 Å². The number of benzene rings is 1. The first-order valence-corrected chi connectivity index (χ1v) is 5.57. The Morgan fingerprint density at radius 3 is 2.82 bits per heavy atom. The highest BCUT2D eigenvalue weighted by Crippen LogP contribution is 2.19. The van der Waals surface area contributed by atoms with Gasteiger partial charge in [0.25, 0.3) is 0 Å². The van der Waals surface area contributed by atoms with E-state index >= 15 is 0 Å². The minimum Gasteiger partial charge on any atom is -0.485 e. The quantitative estimate of drug-likeness (QED) is 0.873. The van der Waals surface area contributed by atoms with Crippen LogP contribution >= 0.6 is 0 Å². The van der Waals surface area contributed by atoms with Crippen molar-refractivity contribution in [3.63, 3.8) is 0 Å². The Kier molecular flexibility index (Phi) is 3.55. The summed E-state index contributed by atoms with van der Waals surface area (Å²) in [6.45, 7) is 2.43. The molecular formula is C13H15N3O. The van der Waals surface area contributed by atoms with Crippen LogP contribution in [0.15, 0.2) is 36.5 Å². The number of nitrogens with zero attached hydrogens (tertiary/aromatic N) is 2. The maximum atomic E-state index is 5.69. The smallest absolute Gasteiger partial charge is 0.168 e. The van der Waals surface area contributed by atoms with Gasteiger partial charge in [0.1, 0.15) is 18.2 Å². The highest BCUT2D eigenvalue weighted by molar-refractivity contribution is 5.33. The molecule has 2 aromatic rings. The third-order valence-corrected chi connectivity index (χ3v) is 2.44. The number of hydrogen-bond donors (Lipinski definition) is 1. The predicted molar refractivity (Wildman–Crippen MR) is 66.6 cm³/mol. The molecule has 2 rings (SSSR count). The van der Waals surface area contributed by atoms with Crippen molar-refractivity contribution in [3.05, 3.63) is 47.9 Å². The molecule has 0 saturated carbocycles. The number of ether oxygens (including phenoxy) is 1. The summed E-state index contributed by atoms with van der Waals surface area (Å²) in [6.07, 6.45) is 2.57. The van der Waals surface area contributed by atoms with E-state index in [9.17, 15) is 0 Å². The maximum Gasteiger partial charge on any atom is 0.168 e. The predicted octanol–water partition coefficient (Wildman–Crippen LogP) is 2.20. The van der Waals surface area contributed by atoms with Gasteiger partial charge in [-0.15, -0.1) is 0 Å². The van der Waals surface area contributed by atoms with Gasteiger partial charge in [0.15, 0.2) is 5.82 Å². The fourth-order valence-corrected chi connectivity index (χ4v) is 1.56. The lowest BCUT2D eigenvalue weighted by Crippen LogP contribution is -2.04. The zero-order valence-corrected chi connectivity index (χ0v) is 9.76. The molecule has 0 unspecified atom stereocenters. The van der Waals surface area contributed by atoms with Gasteiger partial charge in [0, 0.05) is 6.20 Å². The molecule has 17 heavy (non-hydrogen) atoms. The van der Waals surface area contributed by atoms with Crippen molar-refractivity contribution in [2.75, 3.05) is 5.73 Å². The van der Waals surface area contributed by atoms with Crippen LogP contribution in [0, 0.1) is 0 Å². The molecule has 0 aliphatic heterocycles. The molecule has 1 aromatic carbocycles. The summed E-state index contributed by atoms with van der Waals surface area (Å²) in [5.74, 6) is 1.93. The number of anilines is 1. The van der Waals surface area contributed by atoms with Crippen LogP contribution in [-0.4, -0.2) is 9.97 Å². The standard InChI is InChI=1S/C13H15N3O/c1-2-10-5-3-4-6-11(10)17-9-13-15-8-7-12(14)16-13/h3-8H,2,9H2,1H3,(H2,14,15,16). The monoisotopic (exact) mass is 229 g/mol. The first kappa shape index (κ1) is 11.4. The SMILES string of the molecule is CCc1ccccc1OCc1nccc(N)n1. The van der Waals surface area contributed by atoms with Crippen molar-refractivity contribution in [1.82, 2.24) is 9.97 Å². The fourth-order valence-electron chi connectivity index (χ4n) is 1.56. The molecule has 0 fully saturated rings. The lowest BCUT2D eigenvalue weighted by Gasteiger charge is -2.09. The summed E-state index contributed by atoms with van der Waals surface area (Å²) in [4.78, 5) is 8.18. The summed E-state index contributed by atoms with van der Waals surface area (Å²) in [6, 6.07) is 9.61. The Morgan fingerprint density at radius 2 is 2.06 bits per heavy atom. The third-order valence-electron chi connectivity index (χ3n) is 2.44. The molecule has 1 aromatic heterocycles. The van der Waals surface area contributed by atoms with Crippen molar-refractivity contribution in [2.24, 2.45) is 0 Å². The van der Waals surface area contributed by atoms with Gasteiger partial charge >= 0.3 is 0 Å². The van der Waals surface area contributed by atoms with Gasteiger partial charge in [-0.25, -0.2) is 9.97 Å². The Hall–Kier alpha value is -2.10. The van der Waals surface area contributed by atoms with E-state index in [-0.39, 0.29) is 0 Å². The minimum atomic E-state index is 0.335. The minimum absolute atomic E-state index is 0.335. The van der Waals surface area contributed by atoms with E-state index in [0.29, 0.717) is 18.2 Å². The van der Waals surface area contributed by atoms with Crippen molar-refractivity contribution < 1.29 is 4.74 Å². The number of hydrogen-bond acceptors (Lipinski definition) is 4. The number of aromatic nitrogens is 2. The molecule has 0 spiro atoms. The molecule has 4 heteroatoms. The van der Waals surface area contributed by atoms with Crippen LogP contribution in [0.3, 0.4) is 0 Å². The van der Waals surface area contributed by atoms with Crippen molar-refractivity contribution in [1.29, 1.82) is 0 Å². The van der Waals surface area contributed by atoms with Crippen molar-refractivity contribution in [2.45, 2.75) is 20.0 Å². The number of rotatable bonds is 4. The molecule has 0 bridgehead atoms. The number of nitrogens with two attached hydrogens (primary N) is 1. The van der Waals surface area contributed by atoms with Crippen LogP contribution in [0.2, 0.25) is 0 Å². The van der Waals surface area contributed by atoms with E-state index in [1.165, 1.54) is 5.56 Å². The van der Waals surface area contributed by atoms with Crippen LogP contribution in [-0.2, 0) is 13.0 Å². The van der Waals surface area contributed by atoms with E-state index in [4.69, 9.17) is 10.5 Å². The van der Waals surface area contributed by atoms with E-state index in [0.717, 1.165) is 12.2 Å². The molecular weight excluding hydrogens is 214 g/mol. The largest absolute Gasteiger partial charge is 0.485 e. The zero-order valence-electron chi connectivity index (χ0n) is 9.76. The molecule has 88 valence electrons. The van der Waals surface area contributed by atoms with Gasteiger partial charge in [0.2, 0.25) is 0 Å². The Morgan fingerprint density at radius 1 is 1.24 bits per heavy atom. The summed E-state index contributed by atoms with van der Waals surface area (Å²) in [5.41, 5.74) is 6.75. The fraction of sp³-hybridized carbons (Fsp3) is 0.231. The Bertz CT molecular complexity index is 500. The van der Waals surface area contributed by atoms with E-state index in [1.54, 1.807) is 12.3 Å². The van der Waals surface area contributed by atoms with Gasteiger partial charge in [-0.3, -0.25) is 0 Å². The second-order valence-electron chi connectivity index (χ2n) is 3.65. The topological polar surface area (TPSA) is 61.0 Å². The molecule has 0 radical (unpaired) electrons. The van der Waals surface area contributed by atoms with E-state index in [2.05, 4.69) is 23.0 Å². The molecule has 1 heterocycles. The molecule has 0 atom stereocenters. The van der Waals surface area contributed by atoms with Crippen LogP contribution in [0.5, 0.6) is 5.75 Å². The van der Waals surface area contributed by atoms with Gasteiger partial charge in [-0.05, 0) is 24.1 Å². The van der Waals surface area contributed by atoms with Gasteiger partial charge in [-0.2, -0.15) is 0 Å². The number of para-hydroxylation sites is 1. The number of aryl methyl sites for hydroxylation is 1. The van der Waals surface area contributed by atoms with Crippen LogP contribution in [0.25, 0.3) is 0 Å². The molecule has 0 amide bonds. The summed E-state index contributed by atoms with van der Waals surface area (Å²) >= 11 is 0.